The Morgan fingerprint density at radius 2 is 2.05 bits per heavy atom. The molecule has 1 amide bonds. The van der Waals surface area contributed by atoms with Gasteiger partial charge in [0.25, 0.3) is 0 Å². The zero-order chi connectivity index (χ0) is 13.3. The number of carbonyl (C=O) groups is 1. The van der Waals surface area contributed by atoms with E-state index in [1.807, 2.05) is 0 Å². The molecule has 0 bridgehead atoms. The highest BCUT2D eigenvalue weighted by Gasteiger charge is 2.15. The van der Waals surface area contributed by atoms with Gasteiger partial charge in [-0.3, -0.25) is 9.69 Å². The maximum Gasteiger partial charge on any atom is 0.234 e. The average Bonchev–Trinajstić information content (AvgIpc) is 2.92. The van der Waals surface area contributed by atoms with Crippen molar-refractivity contribution >= 4 is 5.91 Å². The second kappa shape index (κ2) is 8.51. The molecule has 2 rings (SSSR count). The molecule has 0 aromatic carbocycles. The van der Waals surface area contributed by atoms with Crippen LogP contribution in [0.5, 0.6) is 0 Å². The Labute approximate surface area is 115 Å². The monoisotopic (exact) mass is 270 g/mol. The molecular weight excluding hydrogens is 244 g/mol. The topological polar surface area (TPSA) is 50.8 Å². The van der Waals surface area contributed by atoms with E-state index in [9.17, 15) is 4.79 Å². The van der Waals surface area contributed by atoms with Crippen molar-refractivity contribution in [2.24, 2.45) is 0 Å². The molecule has 2 aliphatic heterocycles. The number of nitrogens with zero attached hydrogens (tertiary/aromatic N) is 1. The van der Waals surface area contributed by atoms with Gasteiger partial charge >= 0.3 is 0 Å². The number of nitrogens with one attached hydrogen (secondary N) is 1. The van der Waals surface area contributed by atoms with Crippen LogP contribution in [0.1, 0.15) is 32.1 Å². The molecule has 2 fully saturated rings. The first-order chi connectivity index (χ1) is 9.34. The van der Waals surface area contributed by atoms with E-state index >= 15 is 0 Å². The minimum atomic E-state index is 0.138. The predicted molar refractivity (Wildman–Crippen MR) is 73.1 cm³/mol. The molecule has 0 radical (unpaired) electrons. The van der Waals surface area contributed by atoms with E-state index in [1.165, 1.54) is 12.8 Å². The molecule has 5 nitrogen and oxygen atoms in total. The summed E-state index contributed by atoms with van der Waals surface area (Å²) in [5, 5.41) is 2.99. The van der Waals surface area contributed by atoms with E-state index < -0.39 is 0 Å². The molecule has 2 heterocycles. The van der Waals surface area contributed by atoms with Crippen LogP contribution in [0.25, 0.3) is 0 Å². The van der Waals surface area contributed by atoms with Crippen molar-refractivity contribution < 1.29 is 14.3 Å². The molecule has 19 heavy (non-hydrogen) atoms. The Kier molecular flexibility index (Phi) is 6.61. The van der Waals surface area contributed by atoms with Gasteiger partial charge in [0.2, 0.25) is 5.91 Å². The fraction of sp³-hybridized carbons (Fsp3) is 0.929. The zero-order valence-electron chi connectivity index (χ0n) is 11.7. The number of unbranched alkanes of at least 4 members (excludes halogenated alkanes) is 1. The van der Waals surface area contributed by atoms with Crippen LogP contribution in [0.2, 0.25) is 0 Å². The van der Waals surface area contributed by atoms with Gasteiger partial charge in [-0.1, -0.05) is 0 Å². The van der Waals surface area contributed by atoms with Gasteiger partial charge in [0.05, 0.1) is 25.9 Å². The molecule has 0 aliphatic carbocycles. The highest BCUT2D eigenvalue weighted by molar-refractivity contribution is 5.77. The first kappa shape index (κ1) is 14.8. The van der Waals surface area contributed by atoms with E-state index in [4.69, 9.17) is 9.47 Å². The molecule has 0 saturated carbocycles. The minimum absolute atomic E-state index is 0.138. The third kappa shape index (κ3) is 5.89. The van der Waals surface area contributed by atoms with Gasteiger partial charge in [-0.25, -0.2) is 0 Å². The Hall–Kier alpha value is -0.650. The smallest absolute Gasteiger partial charge is 0.234 e. The van der Waals surface area contributed by atoms with Crippen LogP contribution in [-0.4, -0.2) is 62.9 Å². The van der Waals surface area contributed by atoms with E-state index in [0.717, 1.165) is 58.7 Å². The van der Waals surface area contributed by atoms with Crippen LogP contribution in [0.3, 0.4) is 0 Å². The quantitative estimate of drug-likeness (QED) is 0.695. The largest absolute Gasteiger partial charge is 0.379 e. The van der Waals surface area contributed by atoms with Crippen LogP contribution in [-0.2, 0) is 14.3 Å². The van der Waals surface area contributed by atoms with Gasteiger partial charge in [-0.05, 0) is 32.1 Å². The van der Waals surface area contributed by atoms with Crippen LogP contribution >= 0.6 is 0 Å². The third-order valence-corrected chi connectivity index (χ3v) is 3.77. The lowest BCUT2D eigenvalue weighted by atomic mass is 10.1. The summed E-state index contributed by atoms with van der Waals surface area (Å²) in [5.74, 6) is 0.138. The highest BCUT2D eigenvalue weighted by atomic mass is 16.5. The Balaban J connectivity index is 1.44. The van der Waals surface area contributed by atoms with Gasteiger partial charge in [-0.2, -0.15) is 0 Å². The SMILES string of the molecule is O=C(CN1CCOCC1)NCCCCC1CCCO1. The molecular formula is C14H26N2O3. The van der Waals surface area contributed by atoms with Crippen LogP contribution in [0.4, 0.5) is 0 Å². The molecule has 0 aromatic rings. The van der Waals surface area contributed by atoms with Crippen molar-refractivity contribution in [1.29, 1.82) is 0 Å². The minimum Gasteiger partial charge on any atom is -0.379 e. The summed E-state index contributed by atoms with van der Waals surface area (Å²) in [6, 6.07) is 0. The van der Waals surface area contributed by atoms with Crippen molar-refractivity contribution in [2.45, 2.75) is 38.2 Å². The summed E-state index contributed by atoms with van der Waals surface area (Å²) >= 11 is 0. The molecule has 1 unspecified atom stereocenters. The third-order valence-electron chi connectivity index (χ3n) is 3.77. The fourth-order valence-corrected chi connectivity index (χ4v) is 2.62. The number of hydrogen-bond donors (Lipinski definition) is 1. The van der Waals surface area contributed by atoms with Crippen molar-refractivity contribution in [3.05, 3.63) is 0 Å². The molecule has 0 aromatic heterocycles. The average molecular weight is 270 g/mol. The fourth-order valence-electron chi connectivity index (χ4n) is 2.62. The second-order valence-electron chi connectivity index (χ2n) is 5.37. The molecule has 0 spiro atoms. The standard InChI is InChI=1S/C14H26N2O3/c17-14(12-16-7-10-18-11-8-16)15-6-2-1-4-13-5-3-9-19-13/h13H,1-12H2,(H,15,17). The number of morpholine rings is 1. The number of ether oxygens (including phenoxy) is 2. The first-order valence-electron chi connectivity index (χ1n) is 7.53. The highest BCUT2D eigenvalue weighted by Crippen LogP contribution is 2.17. The molecule has 2 saturated heterocycles. The number of carbonyl (C=O) groups excluding carboxylic acids is 1. The van der Waals surface area contributed by atoms with Crippen molar-refractivity contribution in [2.75, 3.05) is 46.0 Å². The second-order valence-corrected chi connectivity index (χ2v) is 5.37. The number of amides is 1. The molecule has 1 N–H and O–H groups in total. The normalized spacial score (nSPS) is 24.5. The van der Waals surface area contributed by atoms with Gasteiger partial charge in [0.1, 0.15) is 0 Å². The van der Waals surface area contributed by atoms with Crippen LogP contribution < -0.4 is 5.32 Å². The summed E-state index contributed by atoms with van der Waals surface area (Å²) in [7, 11) is 0. The van der Waals surface area contributed by atoms with Crippen molar-refractivity contribution in [3.8, 4) is 0 Å². The van der Waals surface area contributed by atoms with Gasteiger partial charge < -0.3 is 14.8 Å². The van der Waals surface area contributed by atoms with Crippen molar-refractivity contribution in [1.82, 2.24) is 10.2 Å². The lowest BCUT2D eigenvalue weighted by Crippen LogP contribution is -2.43. The number of rotatable bonds is 7. The maximum absolute atomic E-state index is 11.7. The van der Waals surface area contributed by atoms with Gasteiger partial charge in [0, 0.05) is 26.2 Å². The van der Waals surface area contributed by atoms with Crippen LogP contribution in [0.15, 0.2) is 0 Å². The van der Waals surface area contributed by atoms with E-state index in [0.29, 0.717) is 12.6 Å². The molecule has 5 heteroatoms. The van der Waals surface area contributed by atoms with Gasteiger partial charge in [0.15, 0.2) is 0 Å². The summed E-state index contributed by atoms with van der Waals surface area (Å²) in [6.07, 6.45) is 6.23. The summed E-state index contributed by atoms with van der Waals surface area (Å²) < 4.78 is 10.8. The predicted octanol–water partition coefficient (Wildman–Crippen LogP) is 0.784. The summed E-state index contributed by atoms with van der Waals surface area (Å²) in [6.45, 7) is 5.45. The van der Waals surface area contributed by atoms with Crippen LogP contribution in [0, 0.1) is 0 Å². The van der Waals surface area contributed by atoms with E-state index in [1.54, 1.807) is 0 Å². The van der Waals surface area contributed by atoms with Crippen molar-refractivity contribution in [3.63, 3.8) is 0 Å². The van der Waals surface area contributed by atoms with E-state index in [2.05, 4.69) is 10.2 Å². The maximum atomic E-state index is 11.7. The summed E-state index contributed by atoms with van der Waals surface area (Å²) in [4.78, 5) is 13.9. The lowest BCUT2D eigenvalue weighted by molar-refractivity contribution is -0.123. The molecule has 1 atom stereocenters. The zero-order valence-corrected chi connectivity index (χ0v) is 11.7. The van der Waals surface area contributed by atoms with E-state index in [-0.39, 0.29) is 5.91 Å². The first-order valence-corrected chi connectivity index (χ1v) is 7.53. The molecule has 2 aliphatic rings. The lowest BCUT2D eigenvalue weighted by Gasteiger charge is -2.25. The Morgan fingerprint density at radius 3 is 2.79 bits per heavy atom. The van der Waals surface area contributed by atoms with Gasteiger partial charge in [-0.15, -0.1) is 0 Å². The Morgan fingerprint density at radius 1 is 1.21 bits per heavy atom. The molecule has 110 valence electrons. The summed E-state index contributed by atoms with van der Waals surface area (Å²) in [5.41, 5.74) is 0. The Bertz CT molecular complexity index is 261. The number of hydrogen-bond acceptors (Lipinski definition) is 4.